The largest absolute Gasteiger partial charge is 0.474 e. The van der Waals surface area contributed by atoms with Gasteiger partial charge in [-0.05, 0) is 4.92 Å². The summed E-state index contributed by atoms with van der Waals surface area (Å²) in [6.07, 6.45) is -0.568. The Hall–Kier alpha value is -2.17. The molecule has 0 unspecified atom stereocenters. The minimum absolute atomic E-state index is 1.07. The van der Waals surface area contributed by atoms with E-state index < -0.39 is 17.0 Å². The van der Waals surface area contributed by atoms with Crippen LogP contribution in [0.15, 0.2) is 4.99 Å². The molecule has 0 rings (SSSR count). The summed E-state index contributed by atoms with van der Waals surface area (Å²) in [6.45, 7) is 0. The van der Waals surface area contributed by atoms with E-state index >= 15 is 0 Å². The molecule has 0 aromatic heterocycles. The lowest BCUT2D eigenvalue weighted by molar-refractivity contribution is -0.354. The first-order valence-electron chi connectivity index (χ1n) is 2.19. The van der Waals surface area contributed by atoms with E-state index in [1.165, 1.54) is 5.32 Å². The highest BCUT2D eigenvalue weighted by Crippen LogP contribution is 1.75. The van der Waals surface area contributed by atoms with Crippen molar-refractivity contribution in [3.8, 4) is 6.19 Å². The lowest BCUT2D eigenvalue weighted by Gasteiger charge is -1.93. The number of carbonyl (C=O) groups is 1. The average Bonchev–Trinajstić information content (AvgIpc) is 1.86. The number of nitrogens with one attached hydrogen (secondary N) is 1. The molecular weight excluding hydrogens is 156 g/mol. The number of nitriles is 1. The standard InChI is InChI=1S/C3H2N4O4/c4-1-5-2(7(10)11)6-3(8)9/h(H,5,6)(H,8,9). The zero-order chi connectivity index (χ0) is 8.85. The van der Waals surface area contributed by atoms with Gasteiger partial charge in [0, 0.05) is 4.99 Å². The zero-order valence-corrected chi connectivity index (χ0v) is 5.01. The summed E-state index contributed by atoms with van der Waals surface area (Å²) in [6, 6.07) is 0. The molecule has 0 radical (unpaired) electrons. The van der Waals surface area contributed by atoms with Gasteiger partial charge in [0.25, 0.3) is 6.19 Å². The van der Waals surface area contributed by atoms with Gasteiger partial charge in [-0.3, -0.25) is 0 Å². The lowest BCUT2D eigenvalue weighted by atomic mass is 10.9. The van der Waals surface area contributed by atoms with Gasteiger partial charge in [0.15, 0.2) is 0 Å². The minimum atomic E-state index is -1.64. The summed E-state index contributed by atoms with van der Waals surface area (Å²) in [5, 5.41) is 26.9. The number of hydrogen-bond acceptors (Lipinski definition) is 5. The lowest BCUT2D eigenvalue weighted by Crippen LogP contribution is -2.34. The first-order valence-corrected chi connectivity index (χ1v) is 2.19. The maximum absolute atomic E-state index is 9.82. The Bertz CT molecular complexity index is 251. The number of rotatable bonds is 0. The SMILES string of the molecule is N#CN=C(NC(=O)O)[N+](=O)[O-]. The second kappa shape index (κ2) is 3.78. The first kappa shape index (κ1) is 8.83. The van der Waals surface area contributed by atoms with Crippen molar-refractivity contribution in [2.45, 2.75) is 0 Å². The molecule has 2 N–H and O–H groups in total. The Kier molecular flexibility index (Phi) is 3.03. The van der Waals surface area contributed by atoms with Crippen LogP contribution in [0.5, 0.6) is 0 Å². The Morgan fingerprint density at radius 1 is 1.82 bits per heavy atom. The van der Waals surface area contributed by atoms with Crippen LogP contribution >= 0.6 is 0 Å². The van der Waals surface area contributed by atoms with Gasteiger partial charge in [-0.25, -0.2) is 4.79 Å². The van der Waals surface area contributed by atoms with Crippen LogP contribution in [0, 0.1) is 21.6 Å². The number of amides is 1. The third kappa shape index (κ3) is 3.41. The molecule has 11 heavy (non-hydrogen) atoms. The van der Waals surface area contributed by atoms with E-state index in [9.17, 15) is 14.9 Å². The predicted octanol–water partition coefficient (Wildman–Crippen LogP) is -0.632. The number of guanidine groups is 1. The predicted molar refractivity (Wildman–Crippen MR) is 31.2 cm³/mol. The molecule has 0 atom stereocenters. The van der Waals surface area contributed by atoms with Gasteiger partial charge in [0.2, 0.25) is 0 Å². The molecule has 0 fully saturated rings. The Morgan fingerprint density at radius 3 is 2.64 bits per heavy atom. The third-order valence-corrected chi connectivity index (χ3v) is 0.548. The van der Waals surface area contributed by atoms with Gasteiger partial charge in [-0.2, -0.15) is 10.6 Å². The van der Waals surface area contributed by atoms with Crippen LogP contribution in [0.1, 0.15) is 0 Å². The highest BCUT2D eigenvalue weighted by atomic mass is 16.6. The maximum atomic E-state index is 9.82. The second-order valence-corrected chi connectivity index (χ2v) is 1.22. The van der Waals surface area contributed by atoms with E-state index in [2.05, 4.69) is 4.99 Å². The van der Waals surface area contributed by atoms with Crippen LogP contribution in [-0.2, 0) is 0 Å². The number of carboxylic acid groups (broad SMARTS) is 1. The second-order valence-electron chi connectivity index (χ2n) is 1.22. The monoisotopic (exact) mass is 158 g/mol. The van der Waals surface area contributed by atoms with Crippen molar-refractivity contribution in [1.29, 1.82) is 5.26 Å². The molecule has 58 valence electrons. The maximum Gasteiger partial charge on any atom is 0.474 e. The van der Waals surface area contributed by atoms with Crippen molar-refractivity contribution in [1.82, 2.24) is 5.32 Å². The highest BCUT2D eigenvalue weighted by molar-refractivity contribution is 5.88. The van der Waals surface area contributed by atoms with Crippen molar-refractivity contribution in [2.75, 3.05) is 0 Å². The molecule has 0 aliphatic carbocycles. The fraction of sp³-hybridized carbons (Fsp3) is 0. The molecule has 8 heteroatoms. The molecule has 0 spiro atoms. The fourth-order valence-electron chi connectivity index (χ4n) is 0.257. The molecule has 0 aromatic carbocycles. The van der Waals surface area contributed by atoms with Gasteiger partial charge in [0.05, 0.1) is 0 Å². The van der Waals surface area contributed by atoms with Crippen molar-refractivity contribution in [3.05, 3.63) is 10.1 Å². The summed E-state index contributed by atoms with van der Waals surface area (Å²) in [5.74, 6) is -1.11. The van der Waals surface area contributed by atoms with Gasteiger partial charge in [-0.15, -0.1) is 0 Å². The average molecular weight is 158 g/mol. The van der Waals surface area contributed by atoms with E-state index in [1.807, 2.05) is 0 Å². The molecule has 0 aliphatic rings. The van der Waals surface area contributed by atoms with E-state index in [0.717, 1.165) is 6.19 Å². The molecule has 1 amide bonds. The first-order chi connectivity index (χ1) is 5.07. The Labute approximate surface area is 59.9 Å². The number of nitrogens with zero attached hydrogens (tertiary/aromatic N) is 3. The van der Waals surface area contributed by atoms with Crippen molar-refractivity contribution < 1.29 is 14.8 Å². The highest BCUT2D eigenvalue weighted by Gasteiger charge is 2.14. The third-order valence-electron chi connectivity index (χ3n) is 0.548. The Balaban J connectivity index is 4.39. The number of aliphatic imine (C=N–C) groups is 1. The fourth-order valence-corrected chi connectivity index (χ4v) is 0.257. The van der Waals surface area contributed by atoms with Crippen LogP contribution in [0.3, 0.4) is 0 Å². The normalized spacial score (nSPS) is 9.91. The van der Waals surface area contributed by atoms with E-state index in [4.69, 9.17) is 10.4 Å². The molecule has 0 aromatic rings. The summed E-state index contributed by atoms with van der Waals surface area (Å²) >= 11 is 0. The van der Waals surface area contributed by atoms with Crippen LogP contribution in [0.25, 0.3) is 0 Å². The van der Waals surface area contributed by atoms with Crippen LogP contribution < -0.4 is 5.32 Å². The van der Waals surface area contributed by atoms with Crippen molar-refractivity contribution >= 4 is 12.1 Å². The van der Waals surface area contributed by atoms with Gasteiger partial charge >= 0.3 is 12.1 Å². The van der Waals surface area contributed by atoms with Crippen LogP contribution in [0.2, 0.25) is 0 Å². The molecule has 0 saturated heterocycles. The van der Waals surface area contributed by atoms with Gasteiger partial charge in [0.1, 0.15) is 0 Å². The van der Waals surface area contributed by atoms with Crippen molar-refractivity contribution in [3.63, 3.8) is 0 Å². The molecule has 8 nitrogen and oxygen atoms in total. The topological polar surface area (TPSA) is 129 Å². The van der Waals surface area contributed by atoms with Crippen LogP contribution in [0.4, 0.5) is 4.79 Å². The van der Waals surface area contributed by atoms with E-state index in [-0.39, 0.29) is 0 Å². The molecule has 0 aliphatic heterocycles. The molecule has 0 bridgehead atoms. The molecule has 0 heterocycles. The summed E-state index contributed by atoms with van der Waals surface area (Å²) < 4.78 is 0. The van der Waals surface area contributed by atoms with Crippen LogP contribution in [-0.4, -0.2) is 22.1 Å². The van der Waals surface area contributed by atoms with Crippen molar-refractivity contribution in [2.24, 2.45) is 4.99 Å². The quantitative estimate of drug-likeness (QED) is 0.159. The number of hydrogen-bond donors (Lipinski definition) is 2. The minimum Gasteiger partial charge on any atom is -0.453 e. The van der Waals surface area contributed by atoms with Gasteiger partial charge in [-0.1, -0.05) is 0 Å². The zero-order valence-electron chi connectivity index (χ0n) is 5.01. The summed E-state index contributed by atoms with van der Waals surface area (Å²) in [7, 11) is 0. The Morgan fingerprint density at radius 2 is 2.36 bits per heavy atom. The smallest absolute Gasteiger partial charge is 0.453 e. The number of nitro groups is 1. The molecule has 0 saturated carbocycles. The summed E-state index contributed by atoms with van der Waals surface area (Å²) in [4.78, 5) is 21.1. The van der Waals surface area contributed by atoms with E-state index in [1.54, 1.807) is 0 Å². The molecular formula is C3H2N4O4. The van der Waals surface area contributed by atoms with Gasteiger partial charge < -0.3 is 15.2 Å². The summed E-state index contributed by atoms with van der Waals surface area (Å²) in [5.41, 5.74) is 0. The van der Waals surface area contributed by atoms with E-state index in [0.29, 0.717) is 0 Å².